The fourth-order valence-corrected chi connectivity index (χ4v) is 2.52. The lowest BCUT2D eigenvalue weighted by Crippen LogP contribution is -2.10. The third kappa shape index (κ3) is 1.76. The fourth-order valence-electron chi connectivity index (χ4n) is 2.52. The van der Waals surface area contributed by atoms with E-state index in [4.69, 9.17) is 5.73 Å². The van der Waals surface area contributed by atoms with Crippen molar-refractivity contribution >= 4 is 5.82 Å². The van der Waals surface area contributed by atoms with E-state index in [0.717, 1.165) is 11.3 Å². The van der Waals surface area contributed by atoms with Gasteiger partial charge in [-0.1, -0.05) is 30.7 Å². The Morgan fingerprint density at radius 2 is 1.94 bits per heavy atom. The van der Waals surface area contributed by atoms with Crippen LogP contribution in [0.25, 0.3) is 11.3 Å². The SMILES string of the molecule is Cc1c(N)ncnc1-c1ccccc1C1CCC1. The van der Waals surface area contributed by atoms with Crippen LogP contribution in [-0.2, 0) is 0 Å². The number of hydrogen-bond acceptors (Lipinski definition) is 3. The van der Waals surface area contributed by atoms with Gasteiger partial charge in [0.2, 0.25) is 0 Å². The van der Waals surface area contributed by atoms with Crippen molar-refractivity contribution in [2.24, 2.45) is 0 Å². The second kappa shape index (κ2) is 4.41. The minimum atomic E-state index is 0.573. The van der Waals surface area contributed by atoms with E-state index >= 15 is 0 Å². The summed E-state index contributed by atoms with van der Waals surface area (Å²) in [6, 6.07) is 8.53. The summed E-state index contributed by atoms with van der Waals surface area (Å²) in [7, 11) is 0. The van der Waals surface area contributed by atoms with Crippen molar-refractivity contribution in [3.05, 3.63) is 41.7 Å². The van der Waals surface area contributed by atoms with Gasteiger partial charge in [-0.15, -0.1) is 0 Å². The Morgan fingerprint density at radius 3 is 2.67 bits per heavy atom. The summed E-state index contributed by atoms with van der Waals surface area (Å²) in [5, 5.41) is 0. The second-order valence-corrected chi connectivity index (χ2v) is 4.95. The van der Waals surface area contributed by atoms with Gasteiger partial charge in [0.05, 0.1) is 5.69 Å². The Labute approximate surface area is 107 Å². The van der Waals surface area contributed by atoms with Gasteiger partial charge in [-0.2, -0.15) is 0 Å². The number of nitrogens with zero attached hydrogens (tertiary/aromatic N) is 2. The van der Waals surface area contributed by atoms with E-state index in [1.54, 1.807) is 6.33 Å². The van der Waals surface area contributed by atoms with Crippen LogP contribution in [0.1, 0.15) is 36.3 Å². The molecule has 0 unspecified atom stereocenters. The lowest BCUT2D eigenvalue weighted by atomic mass is 9.77. The van der Waals surface area contributed by atoms with E-state index < -0.39 is 0 Å². The van der Waals surface area contributed by atoms with Crippen LogP contribution in [0, 0.1) is 6.92 Å². The molecule has 1 fully saturated rings. The molecular weight excluding hydrogens is 222 g/mol. The normalized spacial score (nSPS) is 15.4. The first-order valence-corrected chi connectivity index (χ1v) is 6.43. The molecule has 3 heteroatoms. The zero-order chi connectivity index (χ0) is 12.5. The summed E-state index contributed by atoms with van der Waals surface area (Å²) in [6.07, 6.45) is 5.46. The van der Waals surface area contributed by atoms with E-state index in [0.29, 0.717) is 11.7 Å². The molecule has 1 aromatic heterocycles. The van der Waals surface area contributed by atoms with Crippen molar-refractivity contribution in [3.8, 4) is 11.3 Å². The van der Waals surface area contributed by atoms with Gasteiger partial charge in [0.15, 0.2) is 0 Å². The maximum Gasteiger partial charge on any atom is 0.130 e. The van der Waals surface area contributed by atoms with Gasteiger partial charge >= 0.3 is 0 Å². The molecule has 0 saturated heterocycles. The van der Waals surface area contributed by atoms with Gasteiger partial charge in [0.25, 0.3) is 0 Å². The molecule has 0 bridgehead atoms. The number of aromatic nitrogens is 2. The number of benzene rings is 1. The summed E-state index contributed by atoms with van der Waals surface area (Å²) < 4.78 is 0. The second-order valence-electron chi connectivity index (χ2n) is 4.95. The molecule has 0 atom stereocenters. The number of nitrogen functional groups attached to an aromatic ring is 1. The van der Waals surface area contributed by atoms with E-state index in [9.17, 15) is 0 Å². The topological polar surface area (TPSA) is 51.8 Å². The largest absolute Gasteiger partial charge is 0.383 e. The minimum absolute atomic E-state index is 0.573. The molecular formula is C15H17N3. The van der Waals surface area contributed by atoms with Crippen LogP contribution in [0.3, 0.4) is 0 Å². The number of hydrogen-bond donors (Lipinski definition) is 1. The molecule has 1 saturated carbocycles. The lowest BCUT2D eigenvalue weighted by molar-refractivity contribution is 0.420. The third-order valence-corrected chi connectivity index (χ3v) is 3.88. The van der Waals surface area contributed by atoms with E-state index in [-0.39, 0.29) is 0 Å². The van der Waals surface area contributed by atoms with Gasteiger partial charge in [-0.3, -0.25) is 0 Å². The smallest absolute Gasteiger partial charge is 0.130 e. The van der Waals surface area contributed by atoms with E-state index in [2.05, 4.69) is 34.2 Å². The highest BCUT2D eigenvalue weighted by atomic mass is 14.9. The Balaban J connectivity index is 2.13. The molecule has 2 aromatic rings. The van der Waals surface area contributed by atoms with Crippen molar-refractivity contribution in [2.45, 2.75) is 32.1 Å². The predicted molar refractivity (Wildman–Crippen MR) is 73.2 cm³/mol. The molecule has 2 N–H and O–H groups in total. The molecule has 18 heavy (non-hydrogen) atoms. The van der Waals surface area contributed by atoms with Gasteiger partial charge in [-0.05, 0) is 31.2 Å². The summed E-state index contributed by atoms with van der Waals surface area (Å²) in [6.45, 7) is 1.99. The highest BCUT2D eigenvalue weighted by molar-refractivity contribution is 5.70. The van der Waals surface area contributed by atoms with Gasteiger partial charge in [0.1, 0.15) is 12.1 Å². The minimum Gasteiger partial charge on any atom is -0.383 e. The molecule has 3 rings (SSSR count). The fraction of sp³-hybridized carbons (Fsp3) is 0.333. The van der Waals surface area contributed by atoms with Crippen LogP contribution < -0.4 is 5.73 Å². The van der Waals surface area contributed by atoms with E-state index in [1.165, 1.54) is 30.4 Å². The Morgan fingerprint density at radius 1 is 1.17 bits per heavy atom. The average molecular weight is 239 g/mol. The quantitative estimate of drug-likeness (QED) is 0.874. The molecule has 1 aliphatic carbocycles. The van der Waals surface area contributed by atoms with Crippen molar-refractivity contribution in [2.75, 3.05) is 5.73 Å². The van der Waals surface area contributed by atoms with Crippen LogP contribution in [0.5, 0.6) is 0 Å². The first-order valence-electron chi connectivity index (χ1n) is 6.43. The molecule has 92 valence electrons. The molecule has 0 amide bonds. The Hall–Kier alpha value is -1.90. The van der Waals surface area contributed by atoms with Crippen molar-refractivity contribution in [3.63, 3.8) is 0 Å². The number of anilines is 1. The summed E-state index contributed by atoms with van der Waals surface area (Å²) in [5.74, 6) is 1.26. The third-order valence-electron chi connectivity index (χ3n) is 3.88. The Bertz CT molecular complexity index is 574. The van der Waals surface area contributed by atoms with Crippen LogP contribution in [0.2, 0.25) is 0 Å². The first kappa shape index (κ1) is 11.2. The molecule has 1 heterocycles. The first-order chi connectivity index (χ1) is 8.77. The van der Waals surface area contributed by atoms with Crippen LogP contribution in [-0.4, -0.2) is 9.97 Å². The zero-order valence-electron chi connectivity index (χ0n) is 10.6. The zero-order valence-corrected chi connectivity index (χ0v) is 10.6. The Kier molecular flexibility index (Phi) is 2.74. The number of nitrogens with two attached hydrogens (primary N) is 1. The monoisotopic (exact) mass is 239 g/mol. The van der Waals surface area contributed by atoms with Crippen molar-refractivity contribution in [1.29, 1.82) is 0 Å². The van der Waals surface area contributed by atoms with Crippen molar-refractivity contribution < 1.29 is 0 Å². The van der Waals surface area contributed by atoms with Gasteiger partial charge in [-0.25, -0.2) is 9.97 Å². The maximum atomic E-state index is 5.88. The van der Waals surface area contributed by atoms with Crippen molar-refractivity contribution in [1.82, 2.24) is 9.97 Å². The molecule has 1 aromatic carbocycles. The summed E-state index contributed by atoms with van der Waals surface area (Å²) in [5.41, 5.74) is 10.5. The highest BCUT2D eigenvalue weighted by Crippen LogP contribution is 2.41. The molecule has 1 aliphatic rings. The molecule has 0 aliphatic heterocycles. The van der Waals surface area contributed by atoms with Gasteiger partial charge in [0, 0.05) is 11.1 Å². The lowest BCUT2D eigenvalue weighted by Gasteiger charge is -2.28. The van der Waals surface area contributed by atoms with Gasteiger partial charge < -0.3 is 5.73 Å². The predicted octanol–water partition coefficient (Wildman–Crippen LogP) is 3.30. The molecule has 0 spiro atoms. The van der Waals surface area contributed by atoms with E-state index in [1.807, 2.05) is 6.92 Å². The molecule has 3 nitrogen and oxygen atoms in total. The number of rotatable bonds is 2. The maximum absolute atomic E-state index is 5.88. The average Bonchev–Trinajstić information content (AvgIpc) is 2.32. The van der Waals surface area contributed by atoms with Crippen LogP contribution in [0.15, 0.2) is 30.6 Å². The summed E-state index contributed by atoms with van der Waals surface area (Å²) >= 11 is 0. The standard InChI is InChI=1S/C15H17N3/c1-10-14(17-9-18-15(10)16)13-8-3-2-7-12(13)11-5-4-6-11/h2-3,7-9,11H,4-6H2,1H3,(H2,16,17,18). The summed E-state index contributed by atoms with van der Waals surface area (Å²) in [4.78, 5) is 8.46. The van der Waals surface area contributed by atoms with Crippen LogP contribution >= 0.6 is 0 Å². The van der Waals surface area contributed by atoms with Crippen LogP contribution in [0.4, 0.5) is 5.82 Å². The highest BCUT2D eigenvalue weighted by Gasteiger charge is 2.23. The molecule has 0 radical (unpaired) electrons.